The average Bonchev–Trinajstić information content (AvgIpc) is 2.41. The molecule has 2 rings (SSSR count). The van der Waals surface area contributed by atoms with Crippen LogP contribution in [0.25, 0.3) is 0 Å². The van der Waals surface area contributed by atoms with Gasteiger partial charge in [0.05, 0.1) is 0 Å². The summed E-state index contributed by atoms with van der Waals surface area (Å²) in [4.78, 5) is 26.0. The van der Waals surface area contributed by atoms with Gasteiger partial charge in [0.25, 0.3) is 5.91 Å². The first kappa shape index (κ1) is 14.0. The molecule has 0 fully saturated rings. The maximum Gasteiger partial charge on any atom is 0.339 e. The molecule has 102 valence electrons. The lowest BCUT2D eigenvalue weighted by molar-refractivity contribution is 0.0693. The van der Waals surface area contributed by atoms with Crippen molar-refractivity contribution < 1.29 is 19.4 Å². The lowest BCUT2D eigenvalue weighted by atomic mass is 10.2. The fourth-order valence-corrected chi connectivity index (χ4v) is 1.86. The number of benzene rings is 1. The Labute approximate surface area is 122 Å². The largest absolute Gasteiger partial charge is 0.478 e. The first-order valence-electron chi connectivity index (χ1n) is 5.44. The summed E-state index contributed by atoms with van der Waals surface area (Å²) in [6.07, 6.45) is 1.36. The third-order valence-corrected chi connectivity index (χ3v) is 2.88. The van der Waals surface area contributed by atoms with Gasteiger partial charge in [-0.15, -0.1) is 0 Å². The lowest BCUT2D eigenvalue weighted by Gasteiger charge is -2.09. The van der Waals surface area contributed by atoms with Crippen LogP contribution >= 0.6 is 15.9 Å². The van der Waals surface area contributed by atoms with Gasteiger partial charge in [-0.05, 0) is 24.3 Å². The summed E-state index contributed by atoms with van der Waals surface area (Å²) in [6, 6.07) is 7.43. The van der Waals surface area contributed by atoms with E-state index in [4.69, 9.17) is 15.6 Å². The highest BCUT2D eigenvalue weighted by Gasteiger charge is 2.13. The first-order chi connectivity index (χ1) is 9.47. The second kappa shape index (κ2) is 5.70. The minimum Gasteiger partial charge on any atom is -0.478 e. The van der Waals surface area contributed by atoms with E-state index in [1.807, 2.05) is 0 Å². The Hall–Kier alpha value is -2.41. The standard InChI is InChI=1S/C13H9BrN2O4/c14-7-1-2-11(9(5-7)13(18)19)20-8-3-4-16-10(6-8)12(15)17/h1-6H,(H2,15,17)(H,18,19). The van der Waals surface area contributed by atoms with Gasteiger partial charge >= 0.3 is 5.97 Å². The van der Waals surface area contributed by atoms with E-state index in [0.717, 1.165) is 0 Å². The fraction of sp³-hybridized carbons (Fsp3) is 0. The van der Waals surface area contributed by atoms with E-state index in [2.05, 4.69) is 20.9 Å². The molecule has 2 aromatic rings. The van der Waals surface area contributed by atoms with E-state index in [1.54, 1.807) is 6.07 Å². The molecule has 1 heterocycles. The number of pyridine rings is 1. The molecule has 0 aliphatic carbocycles. The van der Waals surface area contributed by atoms with Gasteiger partial charge in [0, 0.05) is 16.7 Å². The number of amides is 1. The van der Waals surface area contributed by atoms with Crippen LogP contribution in [0, 0.1) is 0 Å². The molecular weight excluding hydrogens is 328 g/mol. The van der Waals surface area contributed by atoms with Crippen molar-refractivity contribution in [3.05, 3.63) is 52.3 Å². The average molecular weight is 337 g/mol. The first-order valence-corrected chi connectivity index (χ1v) is 6.23. The van der Waals surface area contributed by atoms with Gasteiger partial charge in [0.2, 0.25) is 0 Å². The van der Waals surface area contributed by atoms with Gasteiger partial charge in [-0.2, -0.15) is 0 Å². The Bertz CT molecular complexity index is 688. The number of hydrogen-bond donors (Lipinski definition) is 2. The number of carboxylic acids is 1. The number of carbonyl (C=O) groups excluding carboxylic acids is 1. The number of primary amides is 1. The van der Waals surface area contributed by atoms with Crippen LogP contribution in [-0.4, -0.2) is 22.0 Å². The van der Waals surface area contributed by atoms with E-state index in [1.165, 1.54) is 30.5 Å². The third-order valence-electron chi connectivity index (χ3n) is 2.38. The van der Waals surface area contributed by atoms with Gasteiger partial charge in [-0.3, -0.25) is 9.78 Å². The van der Waals surface area contributed by atoms with Crippen LogP contribution in [0.5, 0.6) is 11.5 Å². The molecule has 0 bridgehead atoms. The monoisotopic (exact) mass is 336 g/mol. The molecular formula is C13H9BrN2O4. The van der Waals surface area contributed by atoms with Crippen LogP contribution < -0.4 is 10.5 Å². The number of carboxylic acid groups (broad SMARTS) is 1. The van der Waals surface area contributed by atoms with Crippen molar-refractivity contribution in [2.75, 3.05) is 0 Å². The Morgan fingerprint density at radius 1 is 1.25 bits per heavy atom. The van der Waals surface area contributed by atoms with Crippen molar-refractivity contribution >= 4 is 27.8 Å². The van der Waals surface area contributed by atoms with Crippen molar-refractivity contribution in [2.24, 2.45) is 5.73 Å². The number of ether oxygens (including phenoxy) is 1. The number of aromatic nitrogens is 1. The van der Waals surface area contributed by atoms with Crippen molar-refractivity contribution in [3.63, 3.8) is 0 Å². The van der Waals surface area contributed by atoms with Crippen LogP contribution in [0.15, 0.2) is 41.0 Å². The molecule has 1 aromatic carbocycles. The van der Waals surface area contributed by atoms with Crippen LogP contribution in [-0.2, 0) is 0 Å². The zero-order chi connectivity index (χ0) is 14.7. The quantitative estimate of drug-likeness (QED) is 0.892. The maximum atomic E-state index is 11.2. The molecule has 3 N–H and O–H groups in total. The summed E-state index contributed by atoms with van der Waals surface area (Å²) < 4.78 is 6.09. The lowest BCUT2D eigenvalue weighted by Crippen LogP contribution is -2.12. The zero-order valence-electron chi connectivity index (χ0n) is 10.0. The molecule has 0 radical (unpaired) electrons. The summed E-state index contributed by atoms with van der Waals surface area (Å²) in [6.45, 7) is 0. The highest BCUT2D eigenvalue weighted by molar-refractivity contribution is 9.10. The number of nitrogens with zero attached hydrogens (tertiary/aromatic N) is 1. The summed E-state index contributed by atoms with van der Waals surface area (Å²) in [7, 11) is 0. The summed E-state index contributed by atoms with van der Waals surface area (Å²) >= 11 is 3.19. The molecule has 0 saturated carbocycles. The van der Waals surface area contributed by atoms with Gasteiger partial charge in [-0.1, -0.05) is 15.9 Å². The number of halogens is 1. The molecule has 1 amide bonds. The highest BCUT2D eigenvalue weighted by Crippen LogP contribution is 2.28. The Kier molecular flexibility index (Phi) is 3.99. The predicted molar refractivity (Wildman–Crippen MR) is 73.9 cm³/mol. The molecule has 20 heavy (non-hydrogen) atoms. The van der Waals surface area contributed by atoms with Gasteiger partial charge in [-0.25, -0.2) is 4.79 Å². The smallest absolute Gasteiger partial charge is 0.339 e. The summed E-state index contributed by atoms with van der Waals surface area (Å²) in [5.41, 5.74) is 5.15. The molecule has 0 saturated heterocycles. The summed E-state index contributed by atoms with van der Waals surface area (Å²) in [5, 5.41) is 9.12. The molecule has 7 heteroatoms. The van der Waals surface area contributed by atoms with Crippen molar-refractivity contribution in [1.82, 2.24) is 4.98 Å². The number of hydrogen-bond acceptors (Lipinski definition) is 4. The number of rotatable bonds is 4. The predicted octanol–water partition coefficient (Wildman–Crippen LogP) is 2.43. The Morgan fingerprint density at radius 2 is 2.00 bits per heavy atom. The second-order valence-electron chi connectivity index (χ2n) is 3.79. The highest BCUT2D eigenvalue weighted by atomic mass is 79.9. The minimum absolute atomic E-state index is 0.00295. The number of carbonyl (C=O) groups is 2. The maximum absolute atomic E-state index is 11.2. The molecule has 6 nitrogen and oxygen atoms in total. The molecule has 0 aliphatic rings. The molecule has 1 aromatic heterocycles. The topological polar surface area (TPSA) is 103 Å². The number of nitrogens with two attached hydrogens (primary N) is 1. The van der Waals surface area contributed by atoms with E-state index in [9.17, 15) is 9.59 Å². The van der Waals surface area contributed by atoms with Crippen LogP contribution in [0.3, 0.4) is 0 Å². The van der Waals surface area contributed by atoms with Crippen LogP contribution in [0.2, 0.25) is 0 Å². The van der Waals surface area contributed by atoms with E-state index >= 15 is 0 Å². The van der Waals surface area contributed by atoms with E-state index in [0.29, 0.717) is 4.47 Å². The zero-order valence-corrected chi connectivity index (χ0v) is 11.6. The molecule has 0 unspecified atom stereocenters. The van der Waals surface area contributed by atoms with Gasteiger partial charge in [0.1, 0.15) is 22.8 Å². The Morgan fingerprint density at radius 3 is 2.65 bits per heavy atom. The van der Waals surface area contributed by atoms with Crippen molar-refractivity contribution in [2.45, 2.75) is 0 Å². The van der Waals surface area contributed by atoms with E-state index in [-0.39, 0.29) is 22.8 Å². The van der Waals surface area contributed by atoms with Crippen molar-refractivity contribution in [3.8, 4) is 11.5 Å². The van der Waals surface area contributed by atoms with Crippen LogP contribution in [0.4, 0.5) is 0 Å². The van der Waals surface area contributed by atoms with Gasteiger partial charge in [0.15, 0.2) is 0 Å². The fourth-order valence-electron chi connectivity index (χ4n) is 1.49. The molecule has 0 atom stereocenters. The normalized spacial score (nSPS) is 10.1. The third kappa shape index (κ3) is 3.12. The van der Waals surface area contributed by atoms with Crippen molar-refractivity contribution in [1.29, 1.82) is 0 Å². The second-order valence-corrected chi connectivity index (χ2v) is 4.70. The minimum atomic E-state index is -1.12. The van der Waals surface area contributed by atoms with Crippen LogP contribution in [0.1, 0.15) is 20.8 Å². The Balaban J connectivity index is 2.37. The summed E-state index contributed by atoms with van der Waals surface area (Å²) in [5.74, 6) is -1.38. The SMILES string of the molecule is NC(=O)c1cc(Oc2ccc(Br)cc2C(=O)O)ccn1. The van der Waals surface area contributed by atoms with E-state index < -0.39 is 11.9 Å². The molecule has 0 aliphatic heterocycles. The molecule has 0 spiro atoms. The number of aromatic carboxylic acids is 1. The van der Waals surface area contributed by atoms with Gasteiger partial charge < -0.3 is 15.6 Å².